The van der Waals surface area contributed by atoms with Crippen LogP contribution in [0.25, 0.3) is 0 Å². The molecule has 0 N–H and O–H groups in total. The smallest absolute Gasteiger partial charge is 0.462 e. The second kappa shape index (κ2) is 14.7. The topological polar surface area (TPSA) is 97.4 Å². The van der Waals surface area contributed by atoms with Crippen LogP contribution in [-0.2, 0) is 44.7 Å². The number of esters is 3. The Balaban J connectivity index is 0.00000840. The third-order valence-electron chi connectivity index (χ3n) is 6.03. The summed E-state index contributed by atoms with van der Waals surface area (Å²) in [6.45, 7) is 7.39. The maximum Gasteiger partial charge on any atom is 1.00 e. The van der Waals surface area contributed by atoms with Crippen LogP contribution in [0.5, 0.6) is 0 Å². The van der Waals surface area contributed by atoms with Gasteiger partial charge in [-0.15, -0.1) is 0 Å². The molecule has 0 aliphatic carbocycles. The van der Waals surface area contributed by atoms with E-state index < -0.39 is 78.2 Å². The summed E-state index contributed by atoms with van der Waals surface area (Å²) in [6, 6.07) is 5.95. The molecule has 226 valence electrons. The van der Waals surface area contributed by atoms with Gasteiger partial charge in [-0.25, -0.2) is 0 Å². The molecular weight excluding hydrogens is 571 g/mol. The van der Waals surface area contributed by atoms with E-state index in [1.165, 1.54) is 0 Å². The molecule has 1 aromatic carbocycles. The molecule has 0 saturated carbocycles. The first-order chi connectivity index (χ1) is 18.1. The first-order valence-electron chi connectivity index (χ1n) is 13.2. The summed E-state index contributed by atoms with van der Waals surface area (Å²) in [5.41, 5.74) is -2.55. The zero-order valence-corrected chi connectivity index (χ0v) is 28.8. The van der Waals surface area contributed by atoms with Crippen LogP contribution in [0, 0.1) is 16.2 Å². The van der Waals surface area contributed by atoms with Gasteiger partial charge in [-0.05, 0) is 67.9 Å². The van der Waals surface area contributed by atoms with Gasteiger partial charge in [-0.1, -0.05) is 30.3 Å². The van der Waals surface area contributed by atoms with E-state index >= 15 is 0 Å². The van der Waals surface area contributed by atoms with Crippen molar-refractivity contribution in [3.63, 3.8) is 0 Å². The molecule has 8 nitrogen and oxygen atoms in total. The number of ether oxygens (including phenoxy) is 5. The van der Waals surface area contributed by atoms with E-state index in [0.717, 1.165) is 0 Å². The fourth-order valence-corrected chi connectivity index (χ4v) is 3.59. The molecule has 2 rings (SSSR count). The summed E-state index contributed by atoms with van der Waals surface area (Å²) in [5, 5.41) is 0. The first-order valence-corrected chi connectivity index (χ1v) is 13.2. The van der Waals surface area contributed by atoms with Crippen molar-refractivity contribution >= 4 is 24.9 Å². The Hall–Kier alpha value is -0.959. The Morgan fingerprint density at radius 3 is 1.66 bits per heavy atom. The van der Waals surface area contributed by atoms with Crippen LogP contribution in [0.2, 0.25) is 0 Å². The van der Waals surface area contributed by atoms with E-state index in [-0.39, 0.29) is 58.0 Å². The fourth-order valence-electron chi connectivity index (χ4n) is 3.59. The number of carbonyl (C=O) groups excluding carboxylic acids is 3. The normalized spacial score (nSPS) is 23.7. The molecule has 1 aliphatic rings. The van der Waals surface area contributed by atoms with E-state index in [9.17, 15) is 27.3 Å². The van der Waals surface area contributed by atoms with Gasteiger partial charge in [0, 0.05) is 0 Å². The molecule has 0 unspecified atom stereocenters. The minimum absolute atomic E-state index is 0. The van der Waals surface area contributed by atoms with E-state index in [0.29, 0.717) is 5.56 Å². The van der Waals surface area contributed by atoms with Gasteiger partial charge in [0.1, 0.15) is 18.8 Å². The third-order valence-corrected chi connectivity index (χ3v) is 6.03. The number of carbonyl (C=O) groups is 3. The Labute approximate surface area is 283 Å². The molecule has 0 amide bonds. The van der Waals surface area contributed by atoms with Crippen LogP contribution < -0.4 is 51.4 Å². The van der Waals surface area contributed by atoms with E-state index in [4.69, 9.17) is 23.7 Å². The second-order valence-electron chi connectivity index (χ2n) is 13.1. The van der Waals surface area contributed by atoms with E-state index in [2.05, 4.69) is 0 Å². The van der Waals surface area contributed by atoms with Crippen LogP contribution in [0.15, 0.2) is 30.3 Å². The molecule has 1 aromatic rings. The zero-order chi connectivity index (χ0) is 30.7. The van der Waals surface area contributed by atoms with Gasteiger partial charge in [-0.2, -0.15) is 0 Å². The summed E-state index contributed by atoms with van der Waals surface area (Å²) in [5.74, 6) is -2.30. The van der Waals surface area contributed by atoms with Crippen LogP contribution in [-0.4, -0.2) is 61.9 Å². The Morgan fingerprint density at radius 2 is 1.22 bits per heavy atom. The molecule has 5 atom stereocenters. The van der Waals surface area contributed by atoms with Crippen LogP contribution in [0.3, 0.4) is 0 Å². The van der Waals surface area contributed by atoms with Crippen LogP contribution in [0.1, 0.15) is 67.9 Å². The molecule has 1 fully saturated rings. The number of rotatable bonds is 8. The van der Waals surface area contributed by atoms with Gasteiger partial charge in [0.05, 0.1) is 28.9 Å². The van der Waals surface area contributed by atoms with Gasteiger partial charge in [0.2, 0.25) is 0 Å². The van der Waals surface area contributed by atoms with Crippen molar-refractivity contribution in [1.82, 2.24) is 0 Å². The molecule has 1 saturated heterocycles. The van der Waals surface area contributed by atoms with Gasteiger partial charge < -0.3 is 36.6 Å². The summed E-state index contributed by atoms with van der Waals surface area (Å²) in [7, 11) is 0. The Bertz CT molecular complexity index is 1030. The first kappa shape index (κ1) is 38.1. The molecular formula is C28H41BF3KO8. The molecule has 13 heteroatoms. The predicted octanol–water partition coefficient (Wildman–Crippen LogP) is 2.23. The summed E-state index contributed by atoms with van der Waals surface area (Å²) in [6.07, 6.45) is -6.76. The number of hydrogen-bond acceptors (Lipinski definition) is 8. The van der Waals surface area contributed by atoms with Crippen LogP contribution in [0.4, 0.5) is 12.9 Å². The monoisotopic (exact) mass is 612 g/mol. The van der Waals surface area contributed by atoms with Gasteiger partial charge in [-0.3, -0.25) is 14.4 Å². The number of benzene rings is 1. The molecule has 0 spiro atoms. The quantitative estimate of drug-likeness (QED) is 0.251. The summed E-state index contributed by atoms with van der Waals surface area (Å²) >= 11 is 0. The maximum atomic E-state index is 14.5. The minimum atomic E-state index is -5.73. The second-order valence-corrected chi connectivity index (χ2v) is 13.1. The van der Waals surface area contributed by atoms with E-state index in [1.54, 1.807) is 92.6 Å². The van der Waals surface area contributed by atoms with Crippen molar-refractivity contribution in [1.29, 1.82) is 0 Å². The van der Waals surface area contributed by atoms with Crippen molar-refractivity contribution in [2.24, 2.45) is 16.2 Å². The summed E-state index contributed by atoms with van der Waals surface area (Å²) < 4.78 is 71.4. The van der Waals surface area contributed by atoms with Gasteiger partial charge in [0.25, 0.3) is 0 Å². The largest absolute Gasteiger partial charge is 1.00 e. The van der Waals surface area contributed by atoms with Crippen molar-refractivity contribution in [3.8, 4) is 0 Å². The molecule has 41 heavy (non-hydrogen) atoms. The number of halogens is 3. The SMILES string of the molecule is CC(C)(C)C(=O)OC[C@H]1O[C@@H]([B-](F)(F)F)[C@H](OCc2ccccc2)[C@@H](OC(=O)C(C)(C)C)[C@H]1OC(=O)C(C)(C)C.[K+]. The maximum absolute atomic E-state index is 14.5. The number of hydrogen-bond donors (Lipinski definition) is 0. The molecule has 1 aliphatic heterocycles. The Kier molecular flexibility index (Phi) is 13.6. The molecule has 0 radical (unpaired) electrons. The van der Waals surface area contributed by atoms with Crippen molar-refractivity contribution < 1.29 is 102 Å². The van der Waals surface area contributed by atoms with Crippen molar-refractivity contribution in [3.05, 3.63) is 35.9 Å². The molecule has 0 bridgehead atoms. The van der Waals surface area contributed by atoms with Gasteiger partial charge in [0.15, 0.2) is 12.2 Å². The standard InChI is InChI=1S/C28H41BF3O8.K/c1-26(2,3)23(33)37-16-18-19(39-24(34)27(4,5)6)20(40-25(35)28(7,8)9)21(22(38-18)29(30,31)32)36-15-17-13-11-10-12-14-17;/h10-14,18-22H,15-16H2,1-9H3;/q-1;+1/t18-,19+,20+,21-,22-;/m1./s1. The predicted molar refractivity (Wildman–Crippen MR) is 142 cm³/mol. The molecule has 0 aromatic heterocycles. The molecule has 1 heterocycles. The average molecular weight is 613 g/mol. The van der Waals surface area contributed by atoms with Crippen molar-refractivity contribution in [2.45, 2.75) is 99.3 Å². The Morgan fingerprint density at radius 1 is 0.756 bits per heavy atom. The van der Waals surface area contributed by atoms with E-state index in [1.807, 2.05) is 0 Å². The minimum Gasteiger partial charge on any atom is -0.462 e. The fraction of sp³-hybridized carbons (Fsp3) is 0.679. The summed E-state index contributed by atoms with van der Waals surface area (Å²) in [4.78, 5) is 38.5. The third kappa shape index (κ3) is 11.2. The average Bonchev–Trinajstić information content (AvgIpc) is 2.80. The van der Waals surface area contributed by atoms with Gasteiger partial charge >= 0.3 is 76.3 Å². The van der Waals surface area contributed by atoms with Crippen molar-refractivity contribution in [2.75, 3.05) is 6.61 Å². The zero-order valence-electron chi connectivity index (χ0n) is 25.7. The van der Waals surface area contributed by atoms with Crippen LogP contribution >= 0.6 is 0 Å².